The zero-order valence-electron chi connectivity index (χ0n) is 15.8. The van der Waals surface area contributed by atoms with Crippen LogP contribution in [0.2, 0.25) is 0 Å². The quantitative estimate of drug-likeness (QED) is 0.639. The molecule has 2 heterocycles. The van der Waals surface area contributed by atoms with Crippen LogP contribution in [0.3, 0.4) is 0 Å². The maximum absolute atomic E-state index is 14.6. The van der Waals surface area contributed by atoms with Gasteiger partial charge in [0.25, 0.3) is 0 Å². The third kappa shape index (κ3) is 4.14. The van der Waals surface area contributed by atoms with E-state index in [2.05, 4.69) is 10.00 Å². The lowest BCUT2D eigenvalue weighted by atomic mass is 10.00. The van der Waals surface area contributed by atoms with Gasteiger partial charge in [0.15, 0.2) is 5.82 Å². The number of aliphatic hydroxyl groups excluding tert-OH is 1. The van der Waals surface area contributed by atoms with E-state index in [1.54, 1.807) is 9.25 Å². The Morgan fingerprint density at radius 1 is 1.14 bits per heavy atom. The van der Waals surface area contributed by atoms with Gasteiger partial charge in [-0.25, -0.2) is 13.5 Å². The van der Waals surface area contributed by atoms with Crippen molar-refractivity contribution in [3.63, 3.8) is 0 Å². The summed E-state index contributed by atoms with van der Waals surface area (Å²) in [5, 5.41) is 14.2. The van der Waals surface area contributed by atoms with Crippen LogP contribution < -0.4 is 0 Å². The van der Waals surface area contributed by atoms with Gasteiger partial charge in [-0.15, -0.1) is 5.10 Å². The second-order valence-electron chi connectivity index (χ2n) is 7.31. The van der Waals surface area contributed by atoms with Crippen LogP contribution in [0.25, 0.3) is 17.1 Å². The predicted octanol–water partition coefficient (Wildman–Crippen LogP) is 4.01. The van der Waals surface area contributed by atoms with Crippen molar-refractivity contribution in [2.45, 2.75) is 19.5 Å². The Labute approximate surface area is 172 Å². The molecule has 1 aromatic heterocycles. The molecule has 1 fully saturated rings. The molecule has 1 aliphatic rings. The Morgan fingerprint density at radius 3 is 2.66 bits per heavy atom. The van der Waals surface area contributed by atoms with Crippen LogP contribution in [0.5, 0.6) is 0 Å². The minimum atomic E-state index is -0.698. The number of likely N-dealkylation sites (tertiary alicyclic amines) is 1. The third-order valence-electron chi connectivity index (χ3n) is 5.22. The summed E-state index contributed by atoms with van der Waals surface area (Å²) < 4.78 is 31.6. The van der Waals surface area contributed by atoms with Gasteiger partial charge in [0.05, 0.1) is 12.4 Å². The molecule has 29 heavy (non-hydrogen) atoms. The summed E-state index contributed by atoms with van der Waals surface area (Å²) in [5.41, 5.74) is 0.946. The number of aliphatic hydroxyl groups is 1. The number of benzene rings is 2. The molecule has 0 unspecified atom stereocenters. The van der Waals surface area contributed by atoms with E-state index in [0.29, 0.717) is 17.3 Å². The van der Waals surface area contributed by atoms with Gasteiger partial charge in [0.2, 0.25) is 4.77 Å². The average molecular weight is 416 g/mol. The van der Waals surface area contributed by atoms with Crippen molar-refractivity contribution < 1.29 is 13.9 Å². The first-order valence-corrected chi connectivity index (χ1v) is 10.0. The molecule has 3 aromatic rings. The van der Waals surface area contributed by atoms with Crippen molar-refractivity contribution in [1.82, 2.24) is 19.2 Å². The minimum Gasteiger partial charge on any atom is -0.396 e. The van der Waals surface area contributed by atoms with Crippen molar-refractivity contribution in [3.8, 4) is 17.1 Å². The molecular formula is C21H22F2N4OS. The van der Waals surface area contributed by atoms with Crippen LogP contribution in [-0.4, -0.2) is 44.1 Å². The number of rotatable bonds is 5. The normalized spacial score (nSPS) is 17.6. The lowest BCUT2D eigenvalue weighted by molar-refractivity contribution is 0.0939. The first kappa shape index (κ1) is 19.9. The highest BCUT2D eigenvalue weighted by Crippen LogP contribution is 2.25. The lowest BCUT2D eigenvalue weighted by Crippen LogP contribution is -2.38. The summed E-state index contributed by atoms with van der Waals surface area (Å²) in [7, 11) is 0. The molecule has 0 amide bonds. The molecule has 4 rings (SSSR count). The zero-order chi connectivity index (χ0) is 20.4. The van der Waals surface area contributed by atoms with Gasteiger partial charge in [-0.3, -0.25) is 9.47 Å². The molecular weight excluding hydrogens is 394 g/mol. The summed E-state index contributed by atoms with van der Waals surface area (Å²) >= 11 is 5.64. The molecule has 1 saturated heterocycles. The standard InChI is InChI=1S/C21H22F2N4OS/c22-17-8-9-19(18(23)11-17)27-20(16-6-2-1-3-7-16)24-26(21(27)29)14-25-10-4-5-15(12-25)13-28/h1-3,6-9,11,15,28H,4-5,10,12-14H2/t15-/m0/s1. The van der Waals surface area contributed by atoms with E-state index >= 15 is 0 Å². The van der Waals surface area contributed by atoms with E-state index < -0.39 is 11.6 Å². The highest BCUT2D eigenvalue weighted by Gasteiger charge is 2.22. The van der Waals surface area contributed by atoms with Gasteiger partial charge in [-0.2, -0.15) is 0 Å². The smallest absolute Gasteiger partial charge is 0.204 e. The maximum Gasteiger partial charge on any atom is 0.204 e. The van der Waals surface area contributed by atoms with Crippen LogP contribution in [0, 0.1) is 22.3 Å². The molecule has 1 atom stereocenters. The third-order valence-corrected chi connectivity index (χ3v) is 5.61. The molecule has 2 aromatic carbocycles. The van der Waals surface area contributed by atoms with Crippen molar-refractivity contribution in [1.29, 1.82) is 0 Å². The molecule has 1 aliphatic heterocycles. The second kappa shape index (κ2) is 8.52. The Morgan fingerprint density at radius 2 is 1.93 bits per heavy atom. The number of aromatic nitrogens is 3. The fraction of sp³-hybridized carbons (Fsp3) is 0.333. The Kier molecular flexibility index (Phi) is 5.84. The molecule has 0 saturated carbocycles. The van der Waals surface area contributed by atoms with Crippen LogP contribution in [0.4, 0.5) is 8.78 Å². The van der Waals surface area contributed by atoms with Crippen LogP contribution in [-0.2, 0) is 6.67 Å². The highest BCUT2D eigenvalue weighted by molar-refractivity contribution is 7.71. The van der Waals surface area contributed by atoms with Crippen LogP contribution >= 0.6 is 12.2 Å². The maximum atomic E-state index is 14.6. The van der Waals surface area contributed by atoms with E-state index in [0.717, 1.165) is 37.6 Å². The molecule has 5 nitrogen and oxygen atoms in total. The van der Waals surface area contributed by atoms with Crippen molar-refractivity contribution >= 4 is 12.2 Å². The van der Waals surface area contributed by atoms with Gasteiger partial charge >= 0.3 is 0 Å². The number of hydrogen-bond acceptors (Lipinski definition) is 4. The van der Waals surface area contributed by atoms with E-state index in [-0.39, 0.29) is 18.2 Å². The van der Waals surface area contributed by atoms with Crippen LogP contribution in [0.1, 0.15) is 12.8 Å². The molecule has 0 spiro atoms. The largest absolute Gasteiger partial charge is 0.396 e. The molecule has 0 aliphatic carbocycles. The molecule has 152 valence electrons. The van der Waals surface area contributed by atoms with E-state index in [1.165, 1.54) is 12.1 Å². The van der Waals surface area contributed by atoms with Crippen molar-refractivity contribution in [2.75, 3.05) is 19.7 Å². The minimum absolute atomic E-state index is 0.159. The average Bonchev–Trinajstić information content (AvgIpc) is 3.05. The number of piperidine rings is 1. The summed E-state index contributed by atoms with van der Waals surface area (Å²) in [4.78, 5) is 2.19. The Hall–Kier alpha value is -2.42. The predicted molar refractivity (Wildman–Crippen MR) is 109 cm³/mol. The molecule has 1 N–H and O–H groups in total. The van der Waals surface area contributed by atoms with E-state index in [1.807, 2.05) is 30.3 Å². The first-order valence-electron chi connectivity index (χ1n) is 9.60. The van der Waals surface area contributed by atoms with Crippen LogP contribution in [0.15, 0.2) is 48.5 Å². The number of nitrogens with zero attached hydrogens (tertiary/aromatic N) is 4. The first-order chi connectivity index (χ1) is 14.1. The second-order valence-corrected chi connectivity index (χ2v) is 7.68. The Balaban J connectivity index is 1.78. The number of hydrogen-bond donors (Lipinski definition) is 1. The zero-order valence-corrected chi connectivity index (χ0v) is 16.7. The molecule has 0 radical (unpaired) electrons. The van der Waals surface area contributed by atoms with Gasteiger partial charge in [-0.05, 0) is 49.7 Å². The lowest BCUT2D eigenvalue weighted by Gasteiger charge is -2.31. The van der Waals surface area contributed by atoms with E-state index in [9.17, 15) is 13.9 Å². The monoisotopic (exact) mass is 416 g/mol. The highest BCUT2D eigenvalue weighted by atomic mass is 32.1. The molecule has 0 bridgehead atoms. The number of halogens is 2. The van der Waals surface area contributed by atoms with Gasteiger partial charge < -0.3 is 5.11 Å². The van der Waals surface area contributed by atoms with Gasteiger partial charge in [-0.1, -0.05) is 30.3 Å². The van der Waals surface area contributed by atoms with Gasteiger partial charge in [0, 0.05) is 24.8 Å². The van der Waals surface area contributed by atoms with Gasteiger partial charge in [0.1, 0.15) is 11.6 Å². The van der Waals surface area contributed by atoms with Crippen molar-refractivity contribution in [2.24, 2.45) is 5.92 Å². The topological polar surface area (TPSA) is 46.2 Å². The summed E-state index contributed by atoms with van der Waals surface area (Å²) in [6, 6.07) is 12.8. The summed E-state index contributed by atoms with van der Waals surface area (Å²) in [6.45, 7) is 2.25. The summed E-state index contributed by atoms with van der Waals surface area (Å²) in [6.07, 6.45) is 2.00. The fourth-order valence-electron chi connectivity index (χ4n) is 3.77. The van der Waals surface area contributed by atoms with E-state index in [4.69, 9.17) is 12.2 Å². The van der Waals surface area contributed by atoms with Crippen molar-refractivity contribution in [3.05, 3.63) is 64.9 Å². The fourth-order valence-corrected chi connectivity index (χ4v) is 4.06. The SMILES string of the molecule is OC[C@H]1CCCN(Cn2nc(-c3ccccc3)n(-c3ccc(F)cc3F)c2=S)C1. The molecule has 8 heteroatoms. The Bertz CT molecular complexity index is 1050. The summed E-state index contributed by atoms with van der Waals surface area (Å²) in [5.74, 6) is -0.606.